The van der Waals surface area contributed by atoms with E-state index < -0.39 is 11.8 Å². The van der Waals surface area contributed by atoms with Gasteiger partial charge in [0.25, 0.3) is 5.78 Å². The standard InChI is InChI=1S/C12H9NO3/c1-7-6-9(11(14)12(15)16)8-4-2-3-5-10(8)13-7/h2-6H,1H3,(H,15,16). The molecule has 1 aromatic heterocycles. The zero-order chi connectivity index (χ0) is 11.7. The van der Waals surface area contributed by atoms with E-state index in [1.165, 1.54) is 6.07 Å². The Labute approximate surface area is 91.5 Å². The van der Waals surface area contributed by atoms with Crippen LogP contribution in [-0.4, -0.2) is 21.8 Å². The summed E-state index contributed by atoms with van der Waals surface area (Å²) in [5.74, 6) is -2.35. The van der Waals surface area contributed by atoms with Gasteiger partial charge < -0.3 is 5.11 Å². The smallest absolute Gasteiger partial charge is 0.377 e. The molecule has 0 saturated carbocycles. The molecule has 0 radical (unpaired) electrons. The molecule has 80 valence electrons. The molecule has 0 spiro atoms. The number of pyridine rings is 1. The van der Waals surface area contributed by atoms with E-state index in [0.29, 0.717) is 16.6 Å². The Morgan fingerprint density at radius 1 is 1.25 bits per heavy atom. The summed E-state index contributed by atoms with van der Waals surface area (Å²) >= 11 is 0. The van der Waals surface area contributed by atoms with E-state index in [2.05, 4.69) is 4.98 Å². The van der Waals surface area contributed by atoms with Crippen molar-refractivity contribution in [1.29, 1.82) is 0 Å². The Hall–Kier alpha value is -2.23. The molecule has 2 rings (SSSR count). The van der Waals surface area contributed by atoms with Crippen LogP contribution in [-0.2, 0) is 4.79 Å². The second kappa shape index (κ2) is 3.73. The summed E-state index contributed by atoms with van der Waals surface area (Å²) in [6.07, 6.45) is 0. The zero-order valence-electron chi connectivity index (χ0n) is 8.60. The molecular formula is C12H9NO3. The Balaban J connectivity index is 2.77. The van der Waals surface area contributed by atoms with Gasteiger partial charge in [0.2, 0.25) is 0 Å². The number of carboxylic acids is 1. The molecular weight excluding hydrogens is 206 g/mol. The summed E-state index contributed by atoms with van der Waals surface area (Å²) < 4.78 is 0. The van der Waals surface area contributed by atoms with Gasteiger partial charge in [-0.3, -0.25) is 9.78 Å². The molecule has 1 N–H and O–H groups in total. The molecule has 0 saturated heterocycles. The SMILES string of the molecule is Cc1cc(C(=O)C(=O)O)c2ccccc2n1. The van der Waals surface area contributed by atoms with Crippen molar-refractivity contribution < 1.29 is 14.7 Å². The first-order chi connectivity index (χ1) is 7.59. The predicted molar refractivity (Wildman–Crippen MR) is 58.4 cm³/mol. The maximum atomic E-state index is 11.5. The van der Waals surface area contributed by atoms with Gasteiger partial charge in [-0.05, 0) is 19.1 Å². The van der Waals surface area contributed by atoms with Crippen molar-refractivity contribution in [1.82, 2.24) is 4.98 Å². The van der Waals surface area contributed by atoms with Gasteiger partial charge >= 0.3 is 5.97 Å². The van der Waals surface area contributed by atoms with Gasteiger partial charge in [-0.15, -0.1) is 0 Å². The van der Waals surface area contributed by atoms with Crippen LogP contribution in [0, 0.1) is 6.92 Å². The highest BCUT2D eigenvalue weighted by Gasteiger charge is 2.18. The molecule has 0 unspecified atom stereocenters. The van der Waals surface area contributed by atoms with Crippen LogP contribution in [0.25, 0.3) is 10.9 Å². The van der Waals surface area contributed by atoms with E-state index in [9.17, 15) is 9.59 Å². The monoisotopic (exact) mass is 215 g/mol. The predicted octanol–water partition coefficient (Wildman–Crippen LogP) is 1.81. The number of fused-ring (bicyclic) bond motifs is 1. The Morgan fingerprint density at radius 3 is 2.62 bits per heavy atom. The molecule has 2 aromatic rings. The van der Waals surface area contributed by atoms with Crippen molar-refractivity contribution in [2.24, 2.45) is 0 Å². The van der Waals surface area contributed by atoms with Crippen molar-refractivity contribution in [2.75, 3.05) is 0 Å². The minimum Gasteiger partial charge on any atom is -0.475 e. The van der Waals surface area contributed by atoms with Gasteiger partial charge in [-0.1, -0.05) is 18.2 Å². The summed E-state index contributed by atoms with van der Waals surface area (Å²) in [7, 11) is 0. The Kier molecular flexibility index (Phi) is 2.40. The van der Waals surface area contributed by atoms with Gasteiger partial charge in [0, 0.05) is 16.6 Å². The maximum absolute atomic E-state index is 11.5. The lowest BCUT2D eigenvalue weighted by molar-refractivity contribution is -0.131. The van der Waals surface area contributed by atoms with Crippen molar-refractivity contribution in [3.63, 3.8) is 0 Å². The average molecular weight is 215 g/mol. The number of para-hydroxylation sites is 1. The topological polar surface area (TPSA) is 67.3 Å². The normalized spacial score (nSPS) is 10.3. The molecule has 16 heavy (non-hydrogen) atoms. The molecule has 0 fully saturated rings. The van der Waals surface area contributed by atoms with Crippen LogP contribution in [0.2, 0.25) is 0 Å². The number of hydrogen-bond donors (Lipinski definition) is 1. The molecule has 0 amide bonds. The number of aliphatic carboxylic acids is 1. The molecule has 4 nitrogen and oxygen atoms in total. The number of hydrogen-bond acceptors (Lipinski definition) is 3. The van der Waals surface area contributed by atoms with E-state index in [4.69, 9.17) is 5.11 Å². The highest BCUT2D eigenvalue weighted by Crippen LogP contribution is 2.18. The minimum atomic E-state index is -1.45. The first kappa shape index (κ1) is 10.3. The van der Waals surface area contributed by atoms with Crippen LogP contribution in [0.15, 0.2) is 30.3 Å². The van der Waals surface area contributed by atoms with Crippen molar-refractivity contribution >= 4 is 22.7 Å². The van der Waals surface area contributed by atoms with Crippen LogP contribution in [0.1, 0.15) is 16.1 Å². The summed E-state index contributed by atoms with van der Waals surface area (Å²) in [5.41, 5.74) is 1.45. The van der Waals surface area contributed by atoms with E-state index in [0.717, 1.165) is 0 Å². The van der Waals surface area contributed by atoms with Crippen LogP contribution >= 0.6 is 0 Å². The molecule has 0 aliphatic rings. The van der Waals surface area contributed by atoms with Crippen LogP contribution < -0.4 is 0 Å². The fraction of sp³-hybridized carbons (Fsp3) is 0.0833. The minimum absolute atomic E-state index is 0.190. The van der Waals surface area contributed by atoms with E-state index in [1.807, 2.05) is 0 Å². The quantitative estimate of drug-likeness (QED) is 0.612. The molecule has 1 aromatic carbocycles. The molecule has 0 aliphatic heterocycles. The Morgan fingerprint density at radius 2 is 1.94 bits per heavy atom. The molecule has 0 atom stereocenters. The second-order valence-corrected chi connectivity index (χ2v) is 3.46. The van der Waals surface area contributed by atoms with Crippen LogP contribution in [0.3, 0.4) is 0 Å². The lowest BCUT2D eigenvalue weighted by Crippen LogP contribution is -2.13. The number of aryl methyl sites for hydroxylation is 1. The highest BCUT2D eigenvalue weighted by atomic mass is 16.4. The molecule has 0 bridgehead atoms. The number of aromatic nitrogens is 1. The van der Waals surface area contributed by atoms with E-state index in [1.54, 1.807) is 31.2 Å². The van der Waals surface area contributed by atoms with Gasteiger partial charge in [0.1, 0.15) is 0 Å². The third-order valence-corrected chi connectivity index (χ3v) is 2.28. The van der Waals surface area contributed by atoms with Gasteiger partial charge in [0.15, 0.2) is 0 Å². The Bertz CT molecular complexity index is 590. The van der Waals surface area contributed by atoms with Crippen molar-refractivity contribution in [3.05, 3.63) is 41.6 Å². The third-order valence-electron chi connectivity index (χ3n) is 2.28. The van der Waals surface area contributed by atoms with E-state index >= 15 is 0 Å². The van der Waals surface area contributed by atoms with Crippen molar-refractivity contribution in [3.8, 4) is 0 Å². The van der Waals surface area contributed by atoms with Gasteiger partial charge in [-0.25, -0.2) is 4.79 Å². The van der Waals surface area contributed by atoms with Gasteiger partial charge in [-0.2, -0.15) is 0 Å². The summed E-state index contributed by atoms with van der Waals surface area (Å²) in [4.78, 5) is 26.4. The lowest BCUT2D eigenvalue weighted by atomic mass is 10.0. The summed E-state index contributed by atoms with van der Waals surface area (Å²) in [6, 6.07) is 8.49. The number of carbonyl (C=O) groups excluding carboxylic acids is 1. The number of carbonyl (C=O) groups is 2. The fourth-order valence-corrected chi connectivity index (χ4v) is 1.61. The molecule has 0 aliphatic carbocycles. The third kappa shape index (κ3) is 1.65. The lowest BCUT2D eigenvalue weighted by Gasteiger charge is -2.04. The number of carboxylic acid groups (broad SMARTS) is 1. The molecule has 1 heterocycles. The fourth-order valence-electron chi connectivity index (χ4n) is 1.61. The van der Waals surface area contributed by atoms with E-state index in [-0.39, 0.29) is 5.56 Å². The number of ketones is 1. The average Bonchev–Trinajstić information content (AvgIpc) is 2.26. The number of benzene rings is 1. The molecule has 4 heteroatoms. The number of rotatable bonds is 2. The largest absolute Gasteiger partial charge is 0.475 e. The first-order valence-electron chi connectivity index (χ1n) is 4.73. The van der Waals surface area contributed by atoms with Crippen LogP contribution in [0.4, 0.5) is 0 Å². The summed E-state index contributed by atoms with van der Waals surface area (Å²) in [6.45, 7) is 1.73. The highest BCUT2D eigenvalue weighted by molar-refractivity contribution is 6.42. The maximum Gasteiger partial charge on any atom is 0.377 e. The summed E-state index contributed by atoms with van der Waals surface area (Å²) in [5, 5.41) is 9.29. The number of Topliss-reactive ketones (excluding diaryl/α,β-unsaturated/α-hetero) is 1. The van der Waals surface area contributed by atoms with Gasteiger partial charge in [0.05, 0.1) is 5.52 Å². The second-order valence-electron chi connectivity index (χ2n) is 3.46. The van der Waals surface area contributed by atoms with Crippen LogP contribution in [0.5, 0.6) is 0 Å². The van der Waals surface area contributed by atoms with Crippen molar-refractivity contribution in [2.45, 2.75) is 6.92 Å². The zero-order valence-corrected chi connectivity index (χ0v) is 8.60. The number of nitrogens with zero attached hydrogens (tertiary/aromatic N) is 1. The first-order valence-corrected chi connectivity index (χ1v) is 4.73.